The van der Waals surface area contributed by atoms with Crippen molar-refractivity contribution in [1.29, 1.82) is 0 Å². The summed E-state index contributed by atoms with van der Waals surface area (Å²) in [5, 5.41) is 3.93. The number of hydrogen-bond acceptors (Lipinski definition) is 4. The van der Waals surface area contributed by atoms with Crippen molar-refractivity contribution < 1.29 is 8.42 Å². The summed E-state index contributed by atoms with van der Waals surface area (Å²) >= 11 is 1.56. The van der Waals surface area contributed by atoms with Crippen LogP contribution in [0.4, 0.5) is 0 Å². The molecule has 6 heteroatoms. The van der Waals surface area contributed by atoms with Crippen molar-refractivity contribution in [2.24, 2.45) is 0 Å². The molecule has 4 nitrogen and oxygen atoms in total. The first-order chi connectivity index (χ1) is 12.0. The zero-order chi connectivity index (χ0) is 17.9. The Morgan fingerprint density at radius 2 is 1.92 bits per heavy atom. The lowest BCUT2D eigenvalue weighted by Crippen LogP contribution is -2.31. The summed E-state index contributed by atoms with van der Waals surface area (Å²) in [5.74, 6) is 0. The average molecular weight is 373 g/mol. The predicted molar refractivity (Wildman–Crippen MR) is 101 cm³/mol. The number of rotatable bonds is 6. The maximum absolute atomic E-state index is 13.3. The lowest BCUT2D eigenvalue weighted by molar-refractivity contribution is 0.397. The second kappa shape index (κ2) is 7.47. The van der Waals surface area contributed by atoms with E-state index in [2.05, 4.69) is 4.98 Å². The number of aryl methyl sites for hydroxylation is 2. The molecule has 130 valence electrons. The monoisotopic (exact) mass is 372 g/mol. The summed E-state index contributed by atoms with van der Waals surface area (Å²) in [5.41, 5.74) is 3.52. The van der Waals surface area contributed by atoms with Crippen molar-refractivity contribution in [1.82, 2.24) is 9.29 Å². The fourth-order valence-corrected chi connectivity index (χ4v) is 4.98. The minimum atomic E-state index is -3.62. The van der Waals surface area contributed by atoms with Crippen LogP contribution < -0.4 is 0 Å². The summed E-state index contributed by atoms with van der Waals surface area (Å²) in [6.45, 7) is 4.37. The number of hydrogen-bond donors (Lipinski definition) is 0. The first-order valence-electron chi connectivity index (χ1n) is 7.95. The third-order valence-electron chi connectivity index (χ3n) is 3.95. The Hall–Kier alpha value is -2.02. The molecule has 3 aromatic rings. The Balaban J connectivity index is 1.99. The number of benzene rings is 1. The van der Waals surface area contributed by atoms with Gasteiger partial charge in [-0.15, -0.1) is 0 Å². The molecule has 0 atom stereocenters. The number of aromatic nitrogens is 1. The summed E-state index contributed by atoms with van der Waals surface area (Å²) in [6, 6.07) is 12.9. The van der Waals surface area contributed by atoms with Gasteiger partial charge in [0.25, 0.3) is 0 Å². The molecule has 0 aliphatic rings. The van der Waals surface area contributed by atoms with Gasteiger partial charge in [0.1, 0.15) is 0 Å². The van der Waals surface area contributed by atoms with Crippen molar-refractivity contribution in [2.45, 2.75) is 31.8 Å². The van der Waals surface area contributed by atoms with Gasteiger partial charge in [-0.3, -0.25) is 4.98 Å². The van der Waals surface area contributed by atoms with Crippen molar-refractivity contribution in [3.05, 3.63) is 81.8 Å². The molecule has 0 fully saturated rings. The maximum Gasteiger partial charge on any atom is 0.243 e. The third kappa shape index (κ3) is 4.15. The van der Waals surface area contributed by atoms with E-state index in [4.69, 9.17) is 0 Å². The molecular weight excluding hydrogens is 352 g/mol. The molecule has 0 spiro atoms. The zero-order valence-corrected chi connectivity index (χ0v) is 15.8. The first-order valence-corrected chi connectivity index (χ1v) is 10.3. The Morgan fingerprint density at radius 3 is 2.56 bits per heavy atom. The average Bonchev–Trinajstić information content (AvgIpc) is 3.08. The molecule has 3 rings (SSSR count). The van der Waals surface area contributed by atoms with Crippen molar-refractivity contribution >= 4 is 21.4 Å². The fraction of sp³-hybridized carbons (Fsp3) is 0.211. The van der Waals surface area contributed by atoms with Crippen LogP contribution in [0.2, 0.25) is 0 Å². The van der Waals surface area contributed by atoms with Gasteiger partial charge in [0.05, 0.1) is 17.1 Å². The highest BCUT2D eigenvalue weighted by Crippen LogP contribution is 2.24. The molecule has 25 heavy (non-hydrogen) atoms. The maximum atomic E-state index is 13.3. The van der Waals surface area contributed by atoms with Crippen LogP contribution in [-0.4, -0.2) is 17.7 Å². The second-order valence-corrected chi connectivity index (χ2v) is 8.68. The van der Waals surface area contributed by atoms with Crippen LogP contribution in [0.1, 0.15) is 22.4 Å². The Kier molecular flexibility index (Phi) is 5.32. The van der Waals surface area contributed by atoms with Crippen LogP contribution in [-0.2, 0) is 23.1 Å². The minimum absolute atomic E-state index is 0.242. The lowest BCUT2D eigenvalue weighted by Gasteiger charge is -2.22. The lowest BCUT2D eigenvalue weighted by atomic mass is 10.2. The molecule has 1 aromatic carbocycles. The topological polar surface area (TPSA) is 50.3 Å². The molecule has 0 bridgehead atoms. The molecule has 2 heterocycles. The van der Waals surface area contributed by atoms with Gasteiger partial charge in [0.2, 0.25) is 10.0 Å². The van der Waals surface area contributed by atoms with Gasteiger partial charge >= 0.3 is 0 Å². The van der Waals surface area contributed by atoms with E-state index in [1.54, 1.807) is 23.6 Å². The molecule has 0 N–H and O–H groups in total. The summed E-state index contributed by atoms with van der Waals surface area (Å²) < 4.78 is 28.1. The van der Waals surface area contributed by atoms with Crippen molar-refractivity contribution in [3.63, 3.8) is 0 Å². The van der Waals surface area contributed by atoms with Gasteiger partial charge in [0, 0.05) is 12.7 Å². The van der Waals surface area contributed by atoms with E-state index in [1.807, 2.05) is 61.0 Å². The Bertz CT molecular complexity index is 937. The van der Waals surface area contributed by atoms with Gasteiger partial charge in [-0.2, -0.15) is 15.6 Å². The SMILES string of the molecule is Cc1ccc(S(=O)(=O)N(Cc2ccsc2)Cc2ccccn2)c(C)c1. The fourth-order valence-electron chi connectivity index (χ4n) is 2.71. The standard InChI is InChI=1S/C19H20N2O2S2/c1-15-6-7-19(16(2)11-15)25(22,23)21(12-17-8-10-24-14-17)13-18-5-3-4-9-20-18/h3-11,14H,12-13H2,1-2H3. The van der Waals surface area contributed by atoms with Gasteiger partial charge in [-0.1, -0.05) is 23.8 Å². The molecule has 0 aliphatic carbocycles. The summed E-state index contributed by atoms with van der Waals surface area (Å²) in [7, 11) is -3.62. The highest BCUT2D eigenvalue weighted by molar-refractivity contribution is 7.89. The molecule has 0 saturated carbocycles. The largest absolute Gasteiger partial charge is 0.260 e. The quantitative estimate of drug-likeness (QED) is 0.653. The van der Waals surface area contributed by atoms with E-state index in [0.717, 1.165) is 22.4 Å². The normalized spacial score (nSPS) is 11.8. The molecule has 2 aromatic heterocycles. The van der Waals surface area contributed by atoms with Crippen LogP contribution in [0.3, 0.4) is 0 Å². The Labute approximate surface area is 152 Å². The Morgan fingerprint density at radius 1 is 1.08 bits per heavy atom. The van der Waals surface area contributed by atoms with Crippen LogP contribution in [0.25, 0.3) is 0 Å². The van der Waals surface area contributed by atoms with Crippen LogP contribution >= 0.6 is 11.3 Å². The number of nitrogens with zero attached hydrogens (tertiary/aromatic N) is 2. The predicted octanol–water partition coefficient (Wildman–Crippen LogP) is 4.15. The van der Waals surface area contributed by atoms with Gasteiger partial charge in [-0.05, 0) is 60.0 Å². The summed E-state index contributed by atoms with van der Waals surface area (Å²) in [4.78, 5) is 4.64. The zero-order valence-electron chi connectivity index (χ0n) is 14.2. The minimum Gasteiger partial charge on any atom is -0.260 e. The third-order valence-corrected chi connectivity index (χ3v) is 6.64. The van der Waals surface area contributed by atoms with E-state index in [0.29, 0.717) is 11.4 Å². The molecule has 0 radical (unpaired) electrons. The van der Waals surface area contributed by atoms with Gasteiger partial charge < -0.3 is 0 Å². The van der Waals surface area contributed by atoms with E-state index >= 15 is 0 Å². The van der Waals surface area contributed by atoms with E-state index in [-0.39, 0.29) is 6.54 Å². The van der Waals surface area contributed by atoms with E-state index < -0.39 is 10.0 Å². The molecular formula is C19H20N2O2S2. The van der Waals surface area contributed by atoms with Crippen LogP contribution in [0.15, 0.2) is 64.3 Å². The molecule has 0 saturated heterocycles. The highest BCUT2D eigenvalue weighted by atomic mass is 32.2. The van der Waals surface area contributed by atoms with E-state index in [9.17, 15) is 8.42 Å². The molecule has 0 unspecified atom stereocenters. The molecule has 0 amide bonds. The van der Waals surface area contributed by atoms with Crippen LogP contribution in [0, 0.1) is 13.8 Å². The van der Waals surface area contributed by atoms with E-state index in [1.165, 1.54) is 4.31 Å². The smallest absolute Gasteiger partial charge is 0.243 e. The molecule has 0 aliphatic heterocycles. The number of pyridine rings is 1. The number of thiophene rings is 1. The van der Waals surface area contributed by atoms with Crippen molar-refractivity contribution in [2.75, 3.05) is 0 Å². The van der Waals surface area contributed by atoms with Gasteiger partial charge in [-0.25, -0.2) is 8.42 Å². The van der Waals surface area contributed by atoms with Crippen LogP contribution in [0.5, 0.6) is 0 Å². The summed E-state index contributed by atoms with van der Waals surface area (Å²) in [6.07, 6.45) is 1.68. The van der Waals surface area contributed by atoms with Gasteiger partial charge in [0.15, 0.2) is 0 Å². The second-order valence-electron chi connectivity index (χ2n) is 5.99. The first kappa shape index (κ1) is 17.8. The van der Waals surface area contributed by atoms with Crippen molar-refractivity contribution in [3.8, 4) is 0 Å². The highest BCUT2D eigenvalue weighted by Gasteiger charge is 2.27. The number of sulfonamides is 1.